The maximum atomic E-state index is 4.54. The summed E-state index contributed by atoms with van der Waals surface area (Å²) in [7, 11) is 0. The Morgan fingerprint density at radius 2 is 1.81 bits per heavy atom. The normalized spacial score (nSPS) is 12.6. The van der Waals surface area contributed by atoms with Gasteiger partial charge in [-0.25, -0.2) is 4.98 Å². The fourth-order valence-corrected chi connectivity index (χ4v) is 1.74. The van der Waals surface area contributed by atoms with Crippen molar-refractivity contribution in [1.82, 2.24) is 4.98 Å². The summed E-state index contributed by atoms with van der Waals surface area (Å²) in [4.78, 5) is 4.54. The van der Waals surface area contributed by atoms with E-state index in [2.05, 4.69) is 31.6 Å². The van der Waals surface area contributed by atoms with Crippen molar-refractivity contribution in [3.63, 3.8) is 0 Å². The van der Waals surface area contributed by atoms with Crippen LogP contribution in [0.25, 0.3) is 24.3 Å². The molecule has 0 saturated heterocycles. The van der Waals surface area contributed by atoms with Gasteiger partial charge in [-0.15, -0.1) is 0 Å². The average Bonchev–Trinajstić information content (AvgIpc) is 2.31. The molecule has 82 valence electrons. The third-order valence-corrected chi connectivity index (χ3v) is 2.56. The molecule has 0 N–H and O–H groups in total. The SMILES string of the molecule is C=C/C=c1/c(C)c(C=C)c(C=C)n/c1=C/C. The number of hydrogen-bond acceptors (Lipinski definition) is 1. The minimum Gasteiger partial charge on any atom is -0.248 e. The highest BCUT2D eigenvalue weighted by Gasteiger charge is 2.03. The molecular weight excluding hydrogens is 194 g/mol. The van der Waals surface area contributed by atoms with E-state index >= 15 is 0 Å². The molecule has 1 nitrogen and oxygen atoms in total. The van der Waals surface area contributed by atoms with Gasteiger partial charge in [0.2, 0.25) is 0 Å². The summed E-state index contributed by atoms with van der Waals surface area (Å²) in [6.45, 7) is 15.4. The second-order valence-electron chi connectivity index (χ2n) is 3.43. The van der Waals surface area contributed by atoms with Crippen LogP contribution >= 0.6 is 0 Å². The lowest BCUT2D eigenvalue weighted by atomic mass is 10.0. The van der Waals surface area contributed by atoms with Gasteiger partial charge in [-0.2, -0.15) is 0 Å². The summed E-state index contributed by atoms with van der Waals surface area (Å²) >= 11 is 0. The first kappa shape index (κ1) is 12.2. The minimum atomic E-state index is 0.877. The first-order chi connectivity index (χ1) is 7.69. The van der Waals surface area contributed by atoms with Crippen LogP contribution in [-0.4, -0.2) is 4.98 Å². The second-order valence-corrected chi connectivity index (χ2v) is 3.43. The molecule has 1 heterocycles. The molecule has 1 aromatic rings. The van der Waals surface area contributed by atoms with Crippen LogP contribution in [0.15, 0.2) is 25.8 Å². The smallest absolute Gasteiger partial charge is 0.0706 e. The highest BCUT2D eigenvalue weighted by atomic mass is 14.7. The Bertz CT molecular complexity index is 548. The molecule has 16 heavy (non-hydrogen) atoms. The Balaban J connectivity index is 3.91. The van der Waals surface area contributed by atoms with Crippen LogP contribution in [-0.2, 0) is 0 Å². The van der Waals surface area contributed by atoms with Gasteiger partial charge in [0, 0.05) is 10.8 Å². The fourth-order valence-electron chi connectivity index (χ4n) is 1.74. The monoisotopic (exact) mass is 211 g/mol. The zero-order valence-electron chi connectivity index (χ0n) is 9.96. The summed E-state index contributed by atoms with van der Waals surface area (Å²) in [6.07, 6.45) is 9.31. The Morgan fingerprint density at radius 3 is 2.25 bits per heavy atom. The summed E-state index contributed by atoms with van der Waals surface area (Å²) in [5.41, 5.74) is 3.07. The Morgan fingerprint density at radius 1 is 1.12 bits per heavy atom. The standard InChI is InChI=1S/C15H17N/c1-6-10-13-11(5)12(7-2)14(8-3)16-15(13)9-4/h6-10H,1-3H2,4-5H3/b13-10-,15-9+. The van der Waals surface area contributed by atoms with Crippen LogP contribution in [0.4, 0.5) is 0 Å². The van der Waals surface area contributed by atoms with Crippen LogP contribution in [0, 0.1) is 6.92 Å². The number of nitrogens with zero attached hydrogens (tertiary/aromatic N) is 1. The molecule has 0 aromatic carbocycles. The molecule has 0 saturated carbocycles. The van der Waals surface area contributed by atoms with E-state index in [1.54, 1.807) is 12.2 Å². The van der Waals surface area contributed by atoms with Crippen molar-refractivity contribution < 1.29 is 0 Å². The first-order valence-electron chi connectivity index (χ1n) is 5.24. The maximum Gasteiger partial charge on any atom is 0.0706 e. The molecular formula is C15H17N. The number of pyridine rings is 1. The van der Waals surface area contributed by atoms with Crippen molar-refractivity contribution in [1.29, 1.82) is 0 Å². The van der Waals surface area contributed by atoms with Crippen molar-refractivity contribution in [3.05, 3.63) is 53.2 Å². The van der Waals surface area contributed by atoms with E-state index in [1.807, 2.05) is 25.2 Å². The van der Waals surface area contributed by atoms with Gasteiger partial charge in [0.15, 0.2) is 0 Å². The third kappa shape index (κ3) is 2.03. The van der Waals surface area contributed by atoms with Crippen LogP contribution in [0.1, 0.15) is 23.7 Å². The lowest BCUT2D eigenvalue weighted by Crippen LogP contribution is -2.32. The van der Waals surface area contributed by atoms with Gasteiger partial charge < -0.3 is 0 Å². The summed E-state index contributed by atoms with van der Waals surface area (Å²) in [5.74, 6) is 0. The largest absolute Gasteiger partial charge is 0.248 e. The predicted octanol–water partition coefficient (Wildman–Crippen LogP) is 2.44. The summed E-state index contributed by atoms with van der Waals surface area (Å²) in [6, 6.07) is 0. The van der Waals surface area contributed by atoms with E-state index in [0.717, 1.165) is 27.4 Å². The van der Waals surface area contributed by atoms with E-state index in [1.165, 1.54) is 0 Å². The van der Waals surface area contributed by atoms with Crippen LogP contribution in [0.3, 0.4) is 0 Å². The van der Waals surface area contributed by atoms with Crippen LogP contribution in [0.2, 0.25) is 0 Å². The second kappa shape index (κ2) is 5.26. The molecule has 0 aliphatic heterocycles. The Labute approximate surface area is 96.9 Å². The van der Waals surface area contributed by atoms with E-state index in [4.69, 9.17) is 0 Å². The van der Waals surface area contributed by atoms with E-state index in [9.17, 15) is 0 Å². The topological polar surface area (TPSA) is 12.9 Å². The zero-order valence-corrected chi connectivity index (χ0v) is 9.96. The molecule has 0 fully saturated rings. The Kier molecular flexibility index (Phi) is 4.01. The van der Waals surface area contributed by atoms with Gasteiger partial charge in [-0.05, 0) is 25.5 Å². The van der Waals surface area contributed by atoms with Gasteiger partial charge in [-0.1, -0.05) is 44.0 Å². The first-order valence-corrected chi connectivity index (χ1v) is 5.24. The van der Waals surface area contributed by atoms with E-state index in [0.29, 0.717) is 0 Å². The van der Waals surface area contributed by atoms with E-state index < -0.39 is 0 Å². The third-order valence-electron chi connectivity index (χ3n) is 2.56. The molecule has 1 aromatic heterocycles. The van der Waals surface area contributed by atoms with Crippen molar-refractivity contribution >= 4 is 24.3 Å². The predicted molar refractivity (Wildman–Crippen MR) is 73.2 cm³/mol. The van der Waals surface area contributed by atoms with E-state index in [-0.39, 0.29) is 0 Å². The number of rotatable bonds is 3. The number of allylic oxidation sites excluding steroid dienone is 1. The molecule has 0 atom stereocenters. The lowest BCUT2D eigenvalue weighted by Gasteiger charge is -2.06. The van der Waals surface area contributed by atoms with Crippen molar-refractivity contribution in [2.75, 3.05) is 0 Å². The molecule has 0 aliphatic rings. The lowest BCUT2D eigenvalue weighted by molar-refractivity contribution is 1.15. The van der Waals surface area contributed by atoms with Crippen molar-refractivity contribution in [2.24, 2.45) is 0 Å². The van der Waals surface area contributed by atoms with Crippen molar-refractivity contribution in [2.45, 2.75) is 13.8 Å². The number of hydrogen-bond donors (Lipinski definition) is 0. The van der Waals surface area contributed by atoms with Crippen molar-refractivity contribution in [3.8, 4) is 0 Å². The quantitative estimate of drug-likeness (QED) is 0.748. The number of aromatic nitrogens is 1. The van der Waals surface area contributed by atoms with Crippen LogP contribution < -0.4 is 10.6 Å². The molecule has 1 rings (SSSR count). The molecule has 1 heteroatoms. The molecule has 0 unspecified atom stereocenters. The Hall–Kier alpha value is -1.89. The zero-order chi connectivity index (χ0) is 12.1. The average molecular weight is 211 g/mol. The van der Waals surface area contributed by atoms with Gasteiger partial charge in [0.1, 0.15) is 0 Å². The molecule has 0 bridgehead atoms. The fraction of sp³-hybridized carbons (Fsp3) is 0.133. The van der Waals surface area contributed by atoms with Crippen LogP contribution in [0.5, 0.6) is 0 Å². The summed E-state index contributed by atoms with van der Waals surface area (Å²) in [5, 5.41) is 2.05. The van der Waals surface area contributed by atoms with Gasteiger partial charge in [0.05, 0.1) is 11.0 Å². The molecule has 0 amide bonds. The van der Waals surface area contributed by atoms with Gasteiger partial charge in [-0.3, -0.25) is 0 Å². The highest BCUT2D eigenvalue weighted by molar-refractivity contribution is 5.64. The maximum absolute atomic E-state index is 4.54. The summed E-state index contributed by atoms with van der Waals surface area (Å²) < 4.78 is 0. The molecule has 0 radical (unpaired) electrons. The molecule has 0 spiro atoms. The van der Waals surface area contributed by atoms with Gasteiger partial charge in [0.25, 0.3) is 0 Å². The minimum absolute atomic E-state index is 0.877. The highest BCUT2D eigenvalue weighted by Crippen LogP contribution is 2.09. The molecule has 0 aliphatic carbocycles. The van der Waals surface area contributed by atoms with Gasteiger partial charge >= 0.3 is 0 Å².